The summed E-state index contributed by atoms with van der Waals surface area (Å²) >= 11 is 0. The van der Waals surface area contributed by atoms with Crippen LogP contribution in [0, 0.1) is 6.92 Å². The third kappa shape index (κ3) is 3.39. The van der Waals surface area contributed by atoms with Crippen LogP contribution in [0.2, 0.25) is 0 Å². The zero-order valence-corrected chi connectivity index (χ0v) is 8.12. The van der Waals surface area contributed by atoms with E-state index < -0.39 is 5.91 Å². The molecule has 0 saturated heterocycles. The fraction of sp³-hybridized carbons (Fsp3) is 0.273. The minimum absolute atomic E-state index is 0.288. The van der Waals surface area contributed by atoms with Crippen LogP contribution in [-0.4, -0.2) is 18.7 Å². The average Bonchev–Trinajstić information content (AvgIpc) is 2.17. The number of aryl methyl sites for hydroxylation is 1. The van der Waals surface area contributed by atoms with E-state index in [4.69, 9.17) is 0 Å². The molecule has 0 aliphatic heterocycles. The van der Waals surface area contributed by atoms with E-state index in [2.05, 4.69) is 11.4 Å². The van der Waals surface area contributed by atoms with E-state index in [9.17, 15) is 9.59 Å². The lowest BCUT2D eigenvalue weighted by molar-refractivity contribution is -0.131. The van der Waals surface area contributed by atoms with Gasteiger partial charge in [-0.15, -0.1) is 0 Å². The summed E-state index contributed by atoms with van der Waals surface area (Å²) < 4.78 is 0. The van der Waals surface area contributed by atoms with E-state index in [1.807, 2.05) is 25.1 Å². The molecule has 3 heteroatoms. The summed E-state index contributed by atoms with van der Waals surface area (Å²) in [5.74, 6) is -0.558. The molecular weight excluding hydrogens is 178 g/mol. The Morgan fingerprint density at radius 3 is 2.93 bits per heavy atom. The number of carbonyl (C=O) groups is 2. The zero-order chi connectivity index (χ0) is 10.4. The highest BCUT2D eigenvalue weighted by molar-refractivity contribution is 6.23. The third-order valence-electron chi connectivity index (χ3n) is 1.90. The second kappa shape index (κ2) is 5.17. The lowest BCUT2D eigenvalue weighted by Gasteiger charge is -2.02. The topological polar surface area (TPSA) is 46.2 Å². The number of hydrogen-bond donors (Lipinski definition) is 1. The number of carbonyl (C=O) groups excluding carboxylic acids is 2. The minimum atomic E-state index is -0.558. The predicted octanol–water partition coefficient (Wildman–Crippen LogP) is 0.853. The molecule has 1 N–H and O–H groups in total. The van der Waals surface area contributed by atoms with Gasteiger partial charge in [0.2, 0.25) is 6.29 Å². The van der Waals surface area contributed by atoms with Gasteiger partial charge in [0.25, 0.3) is 5.91 Å². The van der Waals surface area contributed by atoms with Crippen molar-refractivity contribution in [2.24, 2.45) is 0 Å². The van der Waals surface area contributed by atoms with E-state index in [-0.39, 0.29) is 6.29 Å². The summed E-state index contributed by atoms with van der Waals surface area (Å²) in [7, 11) is 0. The molecule has 14 heavy (non-hydrogen) atoms. The molecule has 1 amide bonds. The third-order valence-corrected chi connectivity index (χ3v) is 1.90. The van der Waals surface area contributed by atoms with Crippen molar-refractivity contribution in [3.63, 3.8) is 0 Å². The van der Waals surface area contributed by atoms with Crippen LogP contribution in [-0.2, 0) is 16.0 Å². The van der Waals surface area contributed by atoms with Crippen molar-refractivity contribution in [3.05, 3.63) is 35.4 Å². The number of hydrogen-bond acceptors (Lipinski definition) is 2. The summed E-state index contributed by atoms with van der Waals surface area (Å²) in [5.41, 5.74) is 2.36. The lowest BCUT2D eigenvalue weighted by atomic mass is 10.1. The van der Waals surface area contributed by atoms with Gasteiger partial charge >= 0.3 is 0 Å². The molecule has 0 radical (unpaired) electrons. The van der Waals surface area contributed by atoms with E-state index in [1.54, 1.807) is 0 Å². The first-order chi connectivity index (χ1) is 6.72. The number of nitrogens with one attached hydrogen (secondary N) is 1. The molecule has 0 spiro atoms. The quantitative estimate of drug-likeness (QED) is 0.566. The molecule has 0 fully saturated rings. The van der Waals surface area contributed by atoms with Gasteiger partial charge in [0, 0.05) is 6.54 Å². The number of aldehydes is 1. The number of rotatable bonds is 4. The van der Waals surface area contributed by atoms with Gasteiger partial charge in [-0.2, -0.15) is 0 Å². The van der Waals surface area contributed by atoms with Crippen molar-refractivity contribution in [2.45, 2.75) is 13.3 Å². The van der Waals surface area contributed by atoms with Crippen molar-refractivity contribution >= 4 is 12.2 Å². The maximum Gasteiger partial charge on any atom is 0.284 e. The van der Waals surface area contributed by atoms with Crippen LogP contribution in [0.3, 0.4) is 0 Å². The highest BCUT2D eigenvalue weighted by Crippen LogP contribution is 2.03. The first-order valence-corrected chi connectivity index (χ1v) is 4.51. The molecule has 1 rings (SSSR count). The molecule has 0 heterocycles. The van der Waals surface area contributed by atoms with Crippen molar-refractivity contribution in [1.29, 1.82) is 0 Å². The molecule has 0 aromatic heterocycles. The highest BCUT2D eigenvalue weighted by Gasteiger charge is 1.97. The fourth-order valence-corrected chi connectivity index (χ4v) is 1.24. The molecule has 0 saturated carbocycles. The number of benzene rings is 1. The molecule has 0 aliphatic rings. The second-order valence-electron chi connectivity index (χ2n) is 3.15. The summed E-state index contributed by atoms with van der Waals surface area (Å²) in [4.78, 5) is 20.6. The van der Waals surface area contributed by atoms with Crippen molar-refractivity contribution < 1.29 is 9.59 Å². The Balaban J connectivity index is 2.38. The summed E-state index contributed by atoms with van der Waals surface area (Å²) in [6, 6.07) is 8.06. The Morgan fingerprint density at radius 2 is 2.29 bits per heavy atom. The highest BCUT2D eigenvalue weighted by atomic mass is 16.2. The lowest BCUT2D eigenvalue weighted by Crippen LogP contribution is -2.26. The molecule has 1 aromatic carbocycles. The molecule has 0 unspecified atom stereocenters. The minimum Gasteiger partial charge on any atom is -0.349 e. The molecular formula is C11H13NO2. The maximum absolute atomic E-state index is 10.6. The maximum atomic E-state index is 10.6. The summed E-state index contributed by atoms with van der Waals surface area (Å²) in [5, 5.41) is 2.49. The van der Waals surface area contributed by atoms with Crippen LogP contribution in [0.1, 0.15) is 11.1 Å². The largest absolute Gasteiger partial charge is 0.349 e. The van der Waals surface area contributed by atoms with Crippen molar-refractivity contribution in [1.82, 2.24) is 5.32 Å². The van der Waals surface area contributed by atoms with Gasteiger partial charge in [0.05, 0.1) is 0 Å². The van der Waals surface area contributed by atoms with Gasteiger partial charge in [0.1, 0.15) is 0 Å². The smallest absolute Gasteiger partial charge is 0.284 e. The standard InChI is InChI=1S/C11H13NO2/c1-9-3-2-4-10(7-9)5-6-12-11(14)8-13/h2-4,7-8H,5-6H2,1H3,(H,12,14). The Hall–Kier alpha value is -1.64. The van der Waals surface area contributed by atoms with Gasteiger partial charge in [-0.3, -0.25) is 9.59 Å². The summed E-state index contributed by atoms with van der Waals surface area (Å²) in [6.07, 6.45) is 1.04. The van der Waals surface area contributed by atoms with Gasteiger partial charge in [-0.1, -0.05) is 29.8 Å². The van der Waals surface area contributed by atoms with E-state index in [0.717, 1.165) is 12.0 Å². The van der Waals surface area contributed by atoms with Gasteiger partial charge in [0.15, 0.2) is 0 Å². The van der Waals surface area contributed by atoms with Crippen molar-refractivity contribution in [2.75, 3.05) is 6.54 Å². The van der Waals surface area contributed by atoms with Crippen LogP contribution in [0.25, 0.3) is 0 Å². The normalized spacial score (nSPS) is 9.50. The van der Waals surface area contributed by atoms with E-state index in [0.29, 0.717) is 6.54 Å². The summed E-state index contributed by atoms with van der Waals surface area (Å²) in [6.45, 7) is 2.52. The van der Waals surface area contributed by atoms with Crippen LogP contribution < -0.4 is 5.32 Å². The first-order valence-electron chi connectivity index (χ1n) is 4.51. The molecule has 0 bridgehead atoms. The van der Waals surface area contributed by atoms with Gasteiger partial charge < -0.3 is 5.32 Å². The van der Waals surface area contributed by atoms with Crippen LogP contribution >= 0.6 is 0 Å². The van der Waals surface area contributed by atoms with E-state index >= 15 is 0 Å². The Bertz CT molecular complexity index is 334. The molecule has 0 atom stereocenters. The Labute approximate surface area is 83.1 Å². The molecule has 74 valence electrons. The van der Waals surface area contributed by atoms with Gasteiger partial charge in [-0.25, -0.2) is 0 Å². The van der Waals surface area contributed by atoms with Crippen LogP contribution in [0.5, 0.6) is 0 Å². The Kier molecular flexibility index (Phi) is 3.85. The predicted molar refractivity (Wildman–Crippen MR) is 54.0 cm³/mol. The molecule has 0 aliphatic carbocycles. The second-order valence-corrected chi connectivity index (χ2v) is 3.15. The zero-order valence-electron chi connectivity index (χ0n) is 8.12. The van der Waals surface area contributed by atoms with Crippen LogP contribution in [0.15, 0.2) is 24.3 Å². The SMILES string of the molecule is Cc1cccc(CCNC(=O)C=O)c1. The van der Waals surface area contributed by atoms with Crippen molar-refractivity contribution in [3.8, 4) is 0 Å². The number of amides is 1. The monoisotopic (exact) mass is 191 g/mol. The average molecular weight is 191 g/mol. The van der Waals surface area contributed by atoms with Gasteiger partial charge in [-0.05, 0) is 18.9 Å². The molecule has 1 aromatic rings. The fourth-order valence-electron chi connectivity index (χ4n) is 1.24. The van der Waals surface area contributed by atoms with E-state index in [1.165, 1.54) is 5.56 Å². The molecule has 3 nitrogen and oxygen atoms in total. The first kappa shape index (κ1) is 10.4. The van der Waals surface area contributed by atoms with Crippen LogP contribution in [0.4, 0.5) is 0 Å². The Morgan fingerprint density at radius 1 is 1.50 bits per heavy atom.